The third kappa shape index (κ3) is 4.64. The standard InChI is InChI=1S/C26H26O2/c1-26(2,3)22-16-14-19(15-17-22)18-23(24(27)20-10-6-4-7-11-20)25(28)21-12-8-5-9-13-21/h4-17,23H,18H2,1-3H3. The maximum absolute atomic E-state index is 13.2. The molecule has 0 heterocycles. The molecule has 0 N–H and O–H groups in total. The first kappa shape index (κ1) is 19.8. The van der Waals surface area contributed by atoms with Gasteiger partial charge in [-0.2, -0.15) is 0 Å². The van der Waals surface area contributed by atoms with Crippen molar-refractivity contribution in [3.05, 3.63) is 107 Å². The molecule has 0 bridgehead atoms. The molecular formula is C26H26O2. The van der Waals surface area contributed by atoms with E-state index in [2.05, 4.69) is 32.9 Å². The second-order valence-corrected chi connectivity index (χ2v) is 8.16. The molecular weight excluding hydrogens is 344 g/mol. The van der Waals surface area contributed by atoms with Crippen LogP contribution in [0.4, 0.5) is 0 Å². The minimum atomic E-state index is -0.731. The summed E-state index contributed by atoms with van der Waals surface area (Å²) in [5.74, 6) is -0.992. The van der Waals surface area contributed by atoms with Crippen molar-refractivity contribution >= 4 is 11.6 Å². The molecule has 142 valence electrons. The van der Waals surface area contributed by atoms with Crippen LogP contribution in [0.15, 0.2) is 84.9 Å². The predicted molar refractivity (Wildman–Crippen MR) is 114 cm³/mol. The van der Waals surface area contributed by atoms with Crippen LogP contribution in [0.3, 0.4) is 0 Å². The van der Waals surface area contributed by atoms with Crippen LogP contribution in [-0.2, 0) is 11.8 Å². The summed E-state index contributed by atoms with van der Waals surface area (Å²) >= 11 is 0. The average molecular weight is 370 g/mol. The van der Waals surface area contributed by atoms with E-state index in [4.69, 9.17) is 0 Å². The van der Waals surface area contributed by atoms with E-state index < -0.39 is 5.92 Å². The van der Waals surface area contributed by atoms with Gasteiger partial charge in [0.2, 0.25) is 0 Å². The summed E-state index contributed by atoms with van der Waals surface area (Å²) in [5.41, 5.74) is 3.44. The molecule has 0 atom stereocenters. The molecule has 3 aromatic rings. The minimum absolute atomic E-state index is 0.0671. The van der Waals surface area contributed by atoms with Crippen LogP contribution in [0.25, 0.3) is 0 Å². The molecule has 0 saturated heterocycles. The summed E-state index contributed by atoms with van der Waals surface area (Å²) < 4.78 is 0. The Kier molecular flexibility index (Phi) is 5.89. The van der Waals surface area contributed by atoms with E-state index in [1.165, 1.54) is 5.56 Å². The van der Waals surface area contributed by atoms with Gasteiger partial charge in [-0.15, -0.1) is 0 Å². The van der Waals surface area contributed by atoms with E-state index in [0.717, 1.165) is 5.56 Å². The van der Waals surface area contributed by atoms with Gasteiger partial charge in [-0.05, 0) is 23.0 Å². The monoisotopic (exact) mass is 370 g/mol. The SMILES string of the molecule is CC(C)(C)c1ccc(CC(C(=O)c2ccccc2)C(=O)c2ccccc2)cc1. The second kappa shape index (κ2) is 8.35. The summed E-state index contributed by atoms with van der Waals surface area (Å²) in [6.07, 6.45) is 0.395. The third-order valence-electron chi connectivity index (χ3n) is 5.01. The highest BCUT2D eigenvalue weighted by Gasteiger charge is 2.28. The first-order valence-corrected chi connectivity index (χ1v) is 9.64. The number of ketones is 2. The molecule has 0 unspecified atom stereocenters. The van der Waals surface area contributed by atoms with E-state index in [-0.39, 0.29) is 17.0 Å². The first-order chi connectivity index (χ1) is 13.4. The summed E-state index contributed by atoms with van der Waals surface area (Å²) in [6, 6.07) is 26.4. The molecule has 2 heteroatoms. The summed E-state index contributed by atoms with van der Waals surface area (Å²) in [6.45, 7) is 6.51. The van der Waals surface area contributed by atoms with Crippen molar-refractivity contribution in [3.8, 4) is 0 Å². The number of rotatable bonds is 6. The smallest absolute Gasteiger partial charge is 0.174 e. The van der Waals surface area contributed by atoms with E-state index in [9.17, 15) is 9.59 Å². The van der Waals surface area contributed by atoms with Gasteiger partial charge in [0.25, 0.3) is 0 Å². The molecule has 3 aromatic carbocycles. The average Bonchev–Trinajstić information content (AvgIpc) is 2.72. The highest BCUT2D eigenvalue weighted by atomic mass is 16.2. The molecule has 0 aromatic heterocycles. The fraction of sp³-hybridized carbons (Fsp3) is 0.231. The van der Waals surface area contributed by atoms with Crippen LogP contribution in [0.5, 0.6) is 0 Å². The maximum atomic E-state index is 13.2. The molecule has 0 saturated carbocycles. The summed E-state index contributed by atoms with van der Waals surface area (Å²) in [4.78, 5) is 26.3. The van der Waals surface area contributed by atoms with Gasteiger partial charge in [0.05, 0.1) is 5.92 Å². The lowest BCUT2D eigenvalue weighted by Gasteiger charge is -2.20. The number of hydrogen-bond donors (Lipinski definition) is 0. The van der Waals surface area contributed by atoms with E-state index in [1.54, 1.807) is 24.3 Å². The quantitative estimate of drug-likeness (QED) is 0.399. The van der Waals surface area contributed by atoms with Crippen molar-refractivity contribution in [2.45, 2.75) is 32.6 Å². The number of carbonyl (C=O) groups is 2. The van der Waals surface area contributed by atoms with Crippen molar-refractivity contribution in [1.29, 1.82) is 0 Å². The first-order valence-electron chi connectivity index (χ1n) is 9.64. The Labute approximate surface area is 167 Å². The van der Waals surface area contributed by atoms with Crippen molar-refractivity contribution in [1.82, 2.24) is 0 Å². The number of benzene rings is 3. The molecule has 0 aliphatic heterocycles. The van der Waals surface area contributed by atoms with E-state index >= 15 is 0 Å². The van der Waals surface area contributed by atoms with Gasteiger partial charge in [0.1, 0.15) is 0 Å². The van der Waals surface area contributed by atoms with Gasteiger partial charge >= 0.3 is 0 Å². The normalized spacial score (nSPS) is 11.4. The zero-order chi connectivity index (χ0) is 20.1. The number of hydrogen-bond acceptors (Lipinski definition) is 2. The lowest BCUT2D eigenvalue weighted by atomic mass is 9.83. The van der Waals surface area contributed by atoms with E-state index in [1.807, 2.05) is 48.5 Å². The Balaban J connectivity index is 1.92. The van der Waals surface area contributed by atoms with Gasteiger partial charge in [-0.3, -0.25) is 9.59 Å². The highest BCUT2D eigenvalue weighted by molar-refractivity contribution is 6.16. The zero-order valence-electron chi connectivity index (χ0n) is 16.7. The summed E-state index contributed by atoms with van der Waals surface area (Å²) in [5, 5.41) is 0. The van der Waals surface area contributed by atoms with Crippen LogP contribution in [0, 0.1) is 5.92 Å². The van der Waals surface area contributed by atoms with E-state index in [0.29, 0.717) is 17.5 Å². The van der Waals surface area contributed by atoms with Crippen molar-refractivity contribution in [2.24, 2.45) is 5.92 Å². The van der Waals surface area contributed by atoms with Gasteiger partial charge in [-0.1, -0.05) is 106 Å². The molecule has 0 aliphatic carbocycles. The molecule has 3 rings (SSSR count). The van der Waals surface area contributed by atoms with Crippen LogP contribution in [0.2, 0.25) is 0 Å². The van der Waals surface area contributed by atoms with Gasteiger partial charge < -0.3 is 0 Å². The van der Waals surface area contributed by atoms with Crippen molar-refractivity contribution in [3.63, 3.8) is 0 Å². The topological polar surface area (TPSA) is 34.1 Å². The molecule has 0 spiro atoms. The highest BCUT2D eigenvalue weighted by Crippen LogP contribution is 2.24. The zero-order valence-corrected chi connectivity index (χ0v) is 16.7. The minimum Gasteiger partial charge on any atom is -0.293 e. The Morgan fingerprint density at radius 2 is 1.11 bits per heavy atom. The molecule has 0 radical (unpaired) electrons. The lowest BCUT2D eigenvalue weighted by molar-refractivity contribution is 0.0806. The fourth-order valence-corrected chi connectivity index (χ4v) is 3.29. The lowest BCUT2D eigenvalue weighted by Crippen LogP contribution is -2.27. The van der Waals surface area contributed by atoms with Crippen LogP contribution in [-0.4, -0.2) is 11.6 Å². The number of Topliss-reactive ketones (excluding diaryl/α,β-unsaturated/α-hetero) is 2. The second-order valence-electron chi connectivity index (χ2n) is 8.16. The predicted octanol–water partition coefficient (Wildman–Crippen LogP) is 5.91. The van der Waals surface area contributed by atoms with Crippen LogP contribution in [0.1, 0.15) is 52.6 Å². The van der Waals surface area contributed by atoms with Gasteiger partial charge in [-0.25, -0.2) is 0 Å². The van der Waals surface area contributed by atoms with Gasteiger partial charge in [0.15, 0.2) is 11.6 Å². The number of carbonyl (C=O) groups excluding carboxylic acids is 2. The van der Waals surface area contributed by atoms with Gasteiger partial charge in [0, 0.05) is 11.1 Å². The fourth-order valence-electron chi connectivity index (χ4n) is 3.29. The van der Waals surface area contributed by atoms with Crippen LogP contribution < -0.4 is 0 Å². The van der Waals surface area contributed by atoms with Crippen LogP contribution >= 0.6 is 0 Å². The van der Waals surface area contributed by atoms with Crippen molar-refractivity contribution in [2.75, 3.05) is 0 Å². The molecule has 0 aliphatic rings. The molecule has 28 heavy (non-hydrogen) atoms. The Morgan fingerprint density at radius 3 is 1.50 bits per heavy atom. The van der Waals surface area contributed by atoms with Crippen molar-refractivity contribution < 1.29 is 9.59 Å². The maximum Gasteiger partial charge on any atom is 0.174 e. The summed E-state index contributed by atoms with van der Waals surface area (Å²) in [7, 11) is 0. The largest absolute Gasteiger partial charge is 0.293 e. The Morgan fingerprint density at radius 1 is 0.679 bits per heavy atom. The Bertz CT molecular complexity index is 882. The molecule has 0 fully saturated rings. The molecule has 2 nitrogen and oxygen atoms in total. The molecule has 0 amide bonds. The Hall–Kier alpha value is -3.00. The third-order valence-corrected chi connectivity index (χ3v) is 5.01.